The van der Waals surface area contributed by atoms with Crippen LogP contribution in [0.1, 0.15) is 39.0 Å². The maximum Gasteiger partial charge on any atom is 0.305 e. The van der Waals surface area contributed by atoms with Gasteiger partial charge in [-0.1, -0.05) is 12.8 Å². The van der Waals surface area contributed by atoms with Crippen molar-refractivity contribution in [3.8, 4) is 11.5 Å². The highest BCUT2D eigenvalue weighted by Crippen LogP contribution is 2.30. The lowest BCUT2D eigenvalue weighted by Gasteiger charge is -2.13. The zero-order valence-corrected chi connectivity index (χ0v) is 16.5. The summed E-state index contributed by atoms with van der Waals surface area (Å²) in [5.74, 6) is 0.894. The van der Waals surface area contributed by atoms with Gasteiger partial charge < -0.3 is 23.9 Å². The highest BCUT2D eigenvalue weighted by atomic mass is 16.5. The van der Waals surface area contributed by atoms with E-state index < -0.39 is 0 Å². The first-order valence-corrected chi connectivity index (χ1v) is 9.57. The summed E-state index contributed by atoms with van der Waals surface area (Å²) in [7, 11) is 1.60. The Bertz CT molecular complexity index is 805. The maximum absolute atomic E-state index is 12.0. The molecule has 1 aromatic carbocycles. The number of nitrogens with zero attached hydrogens (tertiary/aromatic N) is 1. The lowest BCUT2D eigenvalue weighted by molar-refractivity contribution is -0.143. The second-order valence-electron chi connectivity index (χ2n) is 6.21. The summed E-state index contributed by atoms with van der Waals surface area (Å²) in [5, 5.41) is 0.450. The summed E-state index contributed by atoms with van der Waals surface area (Å²) in [6, 6.07) is 3.36. The molecule has 2 aromatic rings. The van der Waals surface area contributed by atoms with Crippen molar-refractivity contribution in [1.82, 2.24) is 9.97 Å². The Morgan fingerprint density at radius 1 is 1.04 bits per heavy atom. The van der Waals surface area contributed by atoms with Crippen LogP contribution < -0.4 is 15.0 Å². The molecule has 0 radical (unpaired) electrons. The minimum Gasteiger partial charge on any atom is -0.490 e. The summed E-state index contributed by atoms with van der Waals surface area (Å²) < 4.78 is 21.5. The third kappa shape index (κ3) is 6.84. The molecule has 0 aliphatic carbocycles. The number of methoxy groups -OCH3 is 1. The molecule has 0 atom stereocenters. The Hall–Kier alpha value is -2.61. The van der Waals surface area contributed by atoms with Gasteiger partial charge in [-0.25, -0.2) is 4.98 Å². The number of unbranched alkanes of at least 4 members (excludes halogenated alkanes) is 3. The van der Waals surface area contributed by atoms with Gasteiger partial charge in [0.1, 0.15) is 6.61 Å². The zero-order chi connectivity index (χ0) is 20.2. The van der Waals surface area contributed by atoms with E-state index in [1.165, 1.54) is 6.33 Å². The average molecular weight is 392 g/mol. The van der Waals surface area contributed by atoms with Gasteiger partial charge in [0.2, 0.25) is 0 Å². The molecule has 0 amide bonds. The molecule has 154 valence electrons. The third-order valence-corrected chi connectivity index (χ3v) is 4.09. The first-order chi connectivity index (χ1) is 13.7. The Labute approximate surface area is 164 Å². The molecule has 0 saturated heterocycles. The molecule has 8 heteroatoms. The number of esters is 1. The fraction of sp³-hybridized carbons (Fsp3) is 0.550. The van der Waals surface area contributed by atoms with Gasteiger partial charge in [0, 0.05) is 19.6 Å². The molecular formula is C20H28N2O6. The Morgan fingerprint density at radius 3 is 2.57 bits per heavy atom. The first kappa shape index (κ1) is 21.7. The molecule has 0 saturated carbocycles. The van der Waals surface area contributed by atoms with Crippen LogP contribution in [0.4, 0.5) is 0 Å². The van der Waals surface area contributed by atoms with Gasteiger partial charge in [-0.05, 0) is 25.8 Å². The Kier molecular flexibility index (Phi) is 9.27. The number of ether oxygens (including phenoxy) is 4. The number of carbonyl (C=O) groups is 1. The molecule has 1 heterocycles. The minimum atomic E-state index is -0.225. The lowest BCUT2D eigenvalue weighted by Crippen LogP contribution is -2.10. The molecule has 0 spiro atoms. The predicted octanol–water partition coefficient (Wildman–Crippen LogP) is 2.84. The van der Waals surface area contributed by atoms with Gasteiger partial charge in [-0.15, -0.1) is 0 Å². The van der Waals surface area contributed by atoms with Crippen LogP contribution in [0.15, 0.2) is 23.3 Å². The van der Waals surface area contributed by atoms with Gasteiger partial charge in [0.05, 0.1) is 37.1 Å². The van der Waals surface area contributed by atoms with E-state index in [1.807, 2.05) is 0 Å². The monoisotopic (exact) mass is 392 g/mol. The smallest absolute Gasteiger partial charge is 0.305 e. The highest BCUT2D eigenvalue weighted by Gasteiger charge is 2.11. The molecule has 2 rings (SSSR count). The fourth-order valence-corrected chi connectivity index (χ4v) is 2.68. The SMILES string of the molecule is CCOC(=O)CCCCCCOc1cc2c(=O)[nH]cnc2cc1OCCOC. The largest absolute Gasteiger partial charge is 0.490 e. The number of aromatic nitrogens is 2. The van der Waals surface area contributed by atoms with Crippen LogP contribution in [0, 0.1) is 0 Å². The van der Waals surface area contributed by atoms with E-state index in [1.54, 1.807) is 26.2 Å². The van der Waals surface area contributed by atoms with Crippen LogP contribution >= 0.6 is 0 Å². The molecule has 8 nitrogen and oxygen atoms in total. The first-order valence-electron chi connectivity index (χ1n) is 9.57. The number of nitrogens with one attached hydrogen (secondary N) is 1. The highest BCUT2D eigenvalue weighted by molar-refractivity contribution is 5.81. The number of carbonyl (C=O) groups excluding carboxylic acids is 1. The van der Waals surface area contributed by atoms with E-state index in [-0.39, 0.29) is 11.5 Å². The Balaban J connectivity index is 1.89. The summed E-state index contributed by atoms with van der Waals surface area (Å²) in [6.45, 7) is 3.53. The summed E-state index contributed by atoms with van der Waals surface area (Å²) in [6.07, 6.45) is 5.33. The van der Waals surface area contributed by atoms with Gasteiger partial charge in [-0.2, -0.15) is 0 Å². The third-order valence-electron chi connectivity index (χ3n) is 4.09. The van der Waals surface area contributed by atoms with Gasteiger partial charge in [0.15, 0.2) is 11.5 Å². The van der Waals surface area contributed by atoms with Crippen molar-refractivity contribution in [1.29, 1.82) is 0 Å². The minimum absolute atomic E-state index is 0.147. The van der Waals surface area contributed by atoms with Crippen LogP contribution in [0.25, 0.3) is 10.9 Å². The molecule has 1 aromatic heterocycles. The van der Waals surface area contributed by atoms with Crippen LogP contribution in [0.2, 0.25) is 0 Å². The summed E-state index contributed by atoms with van der Waals surface area (Å²) >= 11 is 0. The lowest BCUT2D eigenvalue weighted by atomic mass is 10.1. The van der Waals surface area contributed by atoms with Gasteiger partial charge in [-0.3, -0.25) is 9.59 Å². The number of hydrogen-bond donors (Lipinski definition) is 1. The van der Waals surface area contributed by atoms with Crippen molar-refractivity contribution in [2.45, 2.75) is 39.0 Å². The molecule has 28 heavy (non-hydrogen) atoms. The molecular weight excluding hydrogens is 364 g/mol. The van der Waals surface area contributed by atoms with Crippen LogP contribution in [-0.2, 0) is 14.3 Å². The predicted molar refractivity (Wildman–Crippen MR) is 105 cm³/mol. The quantitative estimate of drug-likeness (QED) is 0.413. The zero-order valence-electron chi connectivity index (χ0n) is 16.5. The number of aromatic amines is 1. The number of benzene rings is 1. The fourth-order valence-electron chi connectivity index (χ4n) is 2.68. The van der Waals surface area contributed by atoms with E-state index in [4.69, 9.17) is 18.9 Å². The van der Waals surface area contributed by atoms with Gasteiger partial charge in [0.25, 0.3) is 5.56 Å². The second kappa shape index (κ2) is 12.0. The van der Waals surface area contributed by atoms with Crippen molar-refractivity contribution in [2.75, 3.05) is 33.5 Å². The number of hydrogen-bond acceptors (Lipinski definition) is 7. The van der Waals surface area contributed by atoms with Gasteiger partial charge >= 0.3 is 5.97 Å². The molecule has 0 bridgehead atoms. The summed E-state index contributed by atoms with van der Waals surface area (Å²) in [4.78, 5) is 30.0. The average Bonchev–Trinajstić information content (AvgIpc) is 2.68. The van der Waals surface area contributed by atoms with Crippen LogP contribution in [0.3, 0.4) is 0 Å². The number of rotatable bonds is 13. The van der Waals surface area contributed by atoms with E-state index in [0.29, 0.717) is 55.3 Å². The van der Waals surface area contributed by atoms with Crippen molar-refractivity contribution in [2.24, 2.45) is 0 Å². The van der Waals surface area contributed by atoms with E-state index in [2.05, 4.69) is 9.97 Å². The summed E-state index contributed by atoms with van der Waals surface area (Å²) in [5.41, 5.74) is 0.319. The van der Waals surface area contributed by atoms with Crippen LogP contribution in [-0.4, -0.2) is 49.5 Å². The van der Waals surface area contributed by atoms with Crippen molar-refractivity contribution in [3.05, 3.63) is 28.8 Å². The van der Waals surface area contributed by atoms with E-state index >= 15 is 0 Å². The maximum atomic E-state index is 12.0. The molecule has 0 aliphatic heterocycles. The molecule has 0 fully saturated rings. The number of H-pyrrole nitrogens is 1. The van der Waals surface area contributed by atoms with E-state index in [9.17, 15) is 9.59 Å². The van der Waals surface area contributed by atoms with Crippen molar-refractivity contribution >= 4 is 16.9 Å². The topological polar surface area (TPSA) is 99.7 Å². The van der Waals surface area contributed by atoms with E-state index in [0.717, 1.165) is 25.7 Å². The standard InChI is InChI=1S/C20H28N2O6/c1-3-26-19(23)8-6-4-5-7-9-27-17-12-15-16(21-14-22-20(15)24)13-18(17)28-11-10-25-2/h12-14H,3-11H2,1-2H3,(H,21,22,24). The van der Waals surface area contributed by atoms with Crippen molar-refractivity contribution in [3.63, 3.8) is 0 Å². The normalized spacial score (nSPS) is 10.8. The van der Waals surface area contributed by atoms with Crippen molar-refractivity contribution < 1.29 is 23.7 Å². The number of fused-ring (bicyclic) bond motifs is 1. The molecule has 0 unspecified atom stereocenters. The molecule has 1 N–H and O–H groups in total. The Morgan fingerprint density at radius 2 is 1.79 bits per heavy atom. The van der Waals surface area contributed by atoms with Crippen LogP contribution in [0.5, 0.6) is 11.5 Å². The molecule has 0 aliphatic rings. The second-order valence-corrected chi connectivity index (χ2v) is 6.21.